The van der Waals surface area contributed by atoms with Gasteiger partial charge in [-0.25, -0.2) is 0 Å². The number of carbonyl (C=O) groups is 1. The monoisotopic (exact) mass is 297 g/mol. The number of hydrogen-bond acceptors (Lipinski definition) is 2. The maximum Gasteiger partial charge on any atom is 0.225 e. The number of carbonyl (C=O) groups excluding carboxylic acids is 1. The van der Waals surface area contributed by atoms with Crippen LogP contribution < -0.4 is 5.32 Å². The van der Waals surface area contributed by atoms with Gasteiger partial charge >= 0.3 is 0 Å². The Morgan fingerprint density at radius 3 is 2.53 bits per heavy atom. The highest BCUT2D eigenvalue weighted by atomic mass is 35.5. The number of rotatable bonds is 4. The van der Waals surface area contributed by atoms with Crippen LogP contribution in [0.5, 0.6) is 0 Å². The Labute approximate surface area is 121 Å². The fraction of sp³-hybridized carbons (Fsp3) is 0.214. The van der Waals surface area contributed by atoms with Gasteiger partial charge in [-0.15, -0.1) is 0 Å². The lowest BCUT2D eigenvalue weighted by Gasteiger charge is -2.12. The Bertz CT molecular complexity index is 547. The Balaban J connectivity index is 2.02. The highest BCUT2D eigenvalue weighted by molar-refractivity contribution is 6.36. The SMILES string of the molecule is C[C@H](NC(=O)Cc1c(Cl)cccc1Cl)c1ccco1. The van der Waals surface area contributed by atoms with E-state index >= 15 is 0 Å². The number of halogens is 2. The molecule has 19 heavy (non-hydrogen) atoms. The second-order valence-electron chi connectivity index (χ2n) is 4.18. The van der Waals surface area contributed by atoms with Crippen molar-refractivity contribution >= 4 is 29.1 Å². The molecule has 2 aromatic rings. The lowest BCUT2D eigenvalue weighted by atomic mass is 10.1. The minimum absolute atomic E-state index is 0.142. The minimum Gasteiger partial charge on any atom is -0.467 e. The maximum absolute atomic E-state index is 12.0. The summed E-state index contributed by atoms with van der Waals surface area (Å²) in [4.78, 5) is 12.0. The molecule has 1 N–H and O–H groups in total. The first-order valence-electron chi connectivity index (χ1n) is 5.83. The quantitative estimate of drug-likeness (QED) is 0.926. The van der Waals surface area contributed by atoms with Gasteiger partial charge in [0.1, 0.15) is 5.76 Å². The van der Waals surface area contributed by atoms with E-state index in [9.17, 15) is 4.79 Å². The molecule has 0 saturated heterocycles. The lowest BCUT2D eigenvalue weighted by molar-refractivity contribution is -0.121. The molecule has 2 rings (SSSR count). The maximum atomic E-state index is 12.0. The molecule has 0 bridgehead atoms. The van der Waals surface area contributed by atoms with Gasteiger partial charge in [-0.1, -0.05) is 29.3 Å². The van der Waals surface area contributed by atoms with Crippen LogP contribution in [0.25, 0.3) is 0 Å². The largest absolute Gasteiger partial charge is 0.467 e. The van der Waals surface area contributed by atoms with Crippen LogP contribution >= 0.6 is 23.2 Å². The topological polar surface area (TPSA) is 42.2 Å². The van der Waals surface area contributed by atoms with Crippen LogP contribution in [0.1, 0.15) is 24.3 Å². The van der Waals surface area contributed by atoms with Gasteiger partial charge in [-0.2, -0.15) is 0 Å². The summed E-state index contributed by atoms with van der Waals surface area (Å²) in [5.41, 5.74) is 0.634. The average molecular weight is 298 g/mol. The van der Waals surface area contributed by atoms with E-state index in [0.717, 1.165) is 0 Å². The zero-order valence-electron chi connectivity index (χ0n) is 10.3. The first-order valence-corrected chi connectivity index (χ1v) is 6.59. The van der Waals surface area contributed by atoms with Crippen LogP contribution in [0.15, 0.2) is 41.0 Å². The van der Waals surface area contributed by atoms with E-state index in [0.29, 0.717) is 21.4 Å². The van der Waals surface area contributed by atoms with Gasteiger partial charge in [0.2, 0.25) is 5.91 Å². The number of benzene rings is 1. The van der Waals surface area contributed by atoms with Gasteiger partial charge in [0.05, 0.1) is 18.7 Å². The van der Waals surface area contributed by atoms with Crippen LogP contribution in [0.3, 0.4) is 0 Å². The van der Waals surface area contributed by atoms with Gasteiger partial charge in [0.15, 0.2) is 0 Å². The molecule has 0 saturated carbocycles. The highest BCUT2D eigenvalue weighted by Crippen LogP contribution is 2.25. The summed E-state index contributed by atoms with van der Waals surface area (Å²) in [5, 5.41) is 3.82. The third-order valence-electron chi connectivity index (χ3n) is 2.75. The van der Waals surface area contributed by atoms with E-state index in [1.54, 1.807) is 30.5 Å². The molecule has 1 aromatic carbocycles. The van der Waals surface area contributed by atoms with Crippen LogP contribution in [-0.4, -0.2) is 5.91 Å². The van der Waals surface area contributed by atoms with Crippen LogP contribution in [0, 0.1) is 0 Å². The summed E-state index contributed by atoms with van der Waals surface area (Å²) in [6, 6.07) is 8.58. The van der Waals surface area contributed by atoms with Crippen molar-refractivity contribution in [2.24, 2.45) is 0 Å². The lowest BCUT2D eigenvalue weighted by Crippen LogP contribution is -2.28. The Kier molecular flexibility index (Phi) is 4.51. The molecule has 0 aliphatic rings. The normalized spacial score (nSPS) is 12.2. The summed E-state index contributed by atoms with van der Waals surface area (Å²) in [6.45, 7) is 1.85. The van der Waals surface area contributed by atoms with Gasteiger partial charge in [-0.05, 0) is 36.8 Å². The fourth-order valence-corrected chi connectivity index (χ4v) is 2.29. The molecule has 0 spiro atoms. The van der Waals surface area contributed by atoms with Crippen molar-refractivity contribution in [2.45, 2.75) is 19.4 Å². The molecule has 1 atom stereocenters. The van der Waals surface area contributed by atoms with Crippen LogP contribution in [0.4, 0.5) is 0 Å². The summed E-state index contributed by atoms with van der Waals surface area (Å²) < 4.78 is 5.23. The molecule has 1 aromatic heterocycles. The van der Waals surface area contributed by atoms with Crippen molar-refractivity contribution in [1.29, 1.82) is 0 Å². The van der Waals surface area contributed by atoms with Crippen molar-refractivity contribution in [3.05, 3.63) is 58.0 Å². The van der Waals surface area contributed by atoms with Crippen molar-refractivity contribution in [1.82, 2.24) is 5.32 Å². The Morgan fingerprint density at radius 2 is 1.95 bits per heavy atom. The number of hydrogen-bond donors (Lipinski definition) is 1. The zero-order valence-corrected chi connectivity index (χ0v) is 11.8. The van der Waals surface area contributed by atoms with Crippen molar-refractivity contribution in [3.8, 4) is 0 Å². The van der Waals surface area contributed by atoms with Crippen molar-refractivity contribution in [3.63, 3.8) is 0 Å². The van der Waals surface area contributed by atoms with E-state index in [1.165, 1.54) is 0 Å². The fourth-order valence-electron chi connectivity index (χ4n) is 1.76. The molecule has 0 radical (unpaired) electrons. The van der Waals surface area contributed by atoms with E-state index in [-0.39, 0.29) is 18.4 Å². The Morgan fingerprint density at radius 1 is 1.26 bits per heavy atom. The second-order valence-corrected chi connectivity index (χ2v) is 5.00. The predicted octanol–water partition coefficient (Wildman–Crippen LogP) is 4.01. The summed E-state index contributed by atoms with van der Waals surface area (Å²) in [7, 11) is 0. The van der Waals surface area contributed by atoms with Gasteiger partial charge in [0.25, 0.3) is 0 Å². The first-order chi connectivity index (χ1) is 9.08. The molecule has 0 aliphatic heterocycles. The van der Waals surface area contributed by atoms with Crippen LogP contribution in [0.2, 0.25) is 10.0 Å². The summed E-state index contributed by atoms with van der Waals surface area (Å²) in [6.07, 6.45) is 1.71. The van der Waals surface area contributed by atoms with E-state index in [4.69, 9.17) is 27.6 Å². The third kappa shape index (κ3) is 3.52. The molecular formula is C14H13Cl2NO2. The highest BCUT2D eigenvalue weighted by Gasteiger charge is 2.15. The predicted molar refractivity (Wildman–Crippen MR) is 75.4 cm³/mol. The van der Waals surface area contributed by atoms with E-state index < -0.39 is 0 Å². The average Bonchev–Trinajstić information content (AvgIpc) is 2.88. The molecule has 0 fully saturated rings. The molecule has 0 aliphatic carbocycles. The minimum atomic E-state index is -0.191. The molecule has 5 heteroatoms. The molecule has 3 nitrogen and oxygen atoms in total. The molecular weight excluding hydrogens is 285 g/mol. The number of amides is 1. The first kappa shape index (κ1) is 14.0. The number of furan rings is 1. The third-order valence-corrected chi connectivity index (χ3v) is 3.45. The molecule has 100 valence electrons. The summed E-state index contributed by atoms with van der Waals surface area (Å²) >= 11 is 12.1. The van der Waals surface area contributed by atoms with Crippen molar-refractivity contribution < 1.29 is 9.21 Å². The zero-order chi connectivity index (χ0) is 13.8. The standard InChI is InChI=1S/C14H13Cl2NO2/c1-9(13-6-3-7-19-13)17-14(18)8-10-11(15)4-2-5-12(10)16/h2-7,9H,8H2,1H3,(H,17,18)/t9-/m0/s1. The smallest absolute Gasteiger partial charge is 0.225 e. The van der Waals surface area contributed by atoms with Crippen molar-refractivity contribution in [2.75, 3.05) is 0 Å². The Hall–Kier alpha value is -1.45. The summed E-state index contributed by atoms with van der Waals surface area (Å²) in [5.74, 6) is 0.553. The van der Waals surface area contributed by atoms with E-state index in [2.05, 4.69) is 5.32 Å². The van der Waals surface area contributed by atoms with E-state index in [1.807, 2.05) is 13.0 Å². The molecule has 1 amide bonds. The van der Waals surface area contributed by atoms with Gasteiger partial charge in [0, 0.05) is 10.0 Å². The molecule has 0 unspecified atom stereocenters. The second kappa shape index (κ2) is 6.13. The van der Waals surface area contributed by atoms with Gasteiger partial charge in [-0.3, -0.25) is 4.79 Å². The van der Waals surface area contributed by atoms with Gasteiger partial charge < -0.3 is 9.73 Å². The molecule has 1 heterocycles. The van der Waals surface area contributed by atoms with Crippen LogP contribution in [-0.2, 0) is 11.2 Å². The number of nitrogens with one attached hydrogen (secondary N) is 1.